The molecule has 1 aromatic heterocycles. The van der Waals surface area contributed by atoms with Gasteiger partial charge in [-0.1, -0.05) is 12.5 Å². The van der Waals surface area contributed by atoms with Gasteiger partial charge in [-0.05, 0) is 66.5 Å². The maximum absolute atomic E-state index is 12.9. The molecule has 11 heteroatoms. The number of nitrogens with one attached hydrogen (secondary N) is 1. The fourth-order valence-electron chi connectivity index (χ4n) is 3.47. The van der Waals surface area contributed by atoms with Crippen LogP contribution in [0, 0.1) is 0 Å². The number of hydrogen-bond acceptors (Lipinski definition) is 7. The Balaban J connectivity index is 1.59. The number of sulfonamides is 2. The van der Waals surface area contributed by atoms with Gasteiger partial charge in [0.05, 0.1) is 4.90 Å². The SMILES string of the molecule is C[C@H]1CCCCN1S(=O)(=O)c1ccc(NS(=O)(=O)c2cccc3nonc23)cc1. The third-order valence-corrected chi connectivity index (χ3v) is 8.43. The smallest absolute Gasteiger partial charge is 0.264 e. The van der Waals surface area contributed by atoms with Crippen LogP contribution >= 0.6 is 0 Å². The zero-order valence-electron chi connectivity index (χ0n) is 15.6. The van der Waals surface area contributed by atoms with E-state index in [0.717, 1.165) is 19.3 Å². The first-order chi connectivity index (χ1) is 13.8. The minimum atomic E-state index is -3.96. The summed E-state index contributed by atoms with van der Waals surface area (Å²) in [5.74, 6) is 0. The topological polar surface area (TPSA) is 122 Å². The maximum Gasteiger partial charge on any atom is 0.264 e. The number of fused-ring (bicyclic) bond motifs is 1. The molecule has 0 amide bonds. The van der Waals surface area contributed by atoms with Crippen molar-refractivity contribution in [2.45, 2.75) is 42.0 Å². The lowest BCUT2D eigenvalue weighted by Gasteiger charge is -2.32. The molecule has 2 aromatic carbocycles. The summed E-state index contributed by atoms with van der Waals surface area (Å²) in [6, 6.07) is 10.2. The average molecular weight is 437 g/mol. The Morgan fingerprint density at radius 2 is 1.79 bits per heavy atom. The molecule has 1 N–H and O–H groups in total. The molecular formula is C18H20N4O5S2. The predicted octanol–water partition coefficient (Wildman–Crippen LogP) is 2.59. The molecule has 1 aliphatic rings. The van der Waals surface area contributed by atoms with Gasteiger partial charge in [0.1, 0.15) is 10.4 Å². The number of anilines is 1. The molecule has 0 aliphatic carbocycles. The highest BCUT2D eigenvalue weighted by Crippen LogP contribution is 2.27. The summed E-state index contributed by atoms with van der Waals surface area (Å²) < 4.78 is 59.8. The number of aromatic nitrogens is 2. The second kappa shape index (κ2) is 7.39. The van der Waals surface area contributed by atoms with E-state index < -0.39 is 20.0 Å². The lowest BCUT2D eigenvalue weighted by molar-refractivity contribution is 0.268. The number of piperidine rings is 1. The first kappa shape index (κ1) is 19.8. The Morgan fingerprint density at radius 3 is 2.52 bits per heavy atom. The second-order valence-electron chi connectivity index (χ2n) is 6.98. The van der Waals surface area contributed by atoms with Crippen molar-refractivity contribution in [2.75, 3.05) is 11.3 Å². The highest BCUT2D eigenvalue weighted by Gasteiger charge is 2.31. The Morgan fingerprint density at radius 1 is 1.03 bits per heavy atom. The standard InChI is InChI=1S/C18H20N4O5S2/c1-13-5-2-3-12-22(13)29(25,26)15-10-8-14(9-11-15)21-28(23,24)17-7-4-6-16-18(17)20-27-19-16/h4,6-11,13,21H,2-3,5,12H2,1H3/t13-/m0/s1. The molecule has 0 spiro atoms. The van der Waals surface area contributed by atoms with Crippen molar-refractivity contribution >= 4 is 36.8 Å². The average Bonchev–Trinajstić information content (AvgIpc) is 3.17. The fourth-order valence-corrected chi connectivity index (χ4v) is 6.38. The molecule has 0 bridgehead atoms. The molecular weight excluding hydrogens is 416 g/mol. The third kappa shape index (κ3) is 3.72. The van der Waals surface area contributed by atoms with Crippen molar-refractivity contribution in [3.05, 3.63) is 42.5 Å². The Hall–Kier alpha value is -2.50. The van der Waals surface area contributed by atoms with Gasteiger partial charge in [-0.15, -0.1) is 0 Å². The minimum Gasteiger partial charge on any atom is -0.280 e. The van der Waals surface area contributed by atoms with Crippen molar-refractivity contribution in [2.24, 2.45) is 0 Å². The van der Waals surface area contributed by atoms with Gasteiger partial charge in [-0.3, -0.25) is 4.72 Å². The van der Waals surface area contributed by atoms with E-state index in [-0.39, 0.29) is 27.0 Å². The molecule has 3 aromatic rings. The molecule has 0 radical (unpaired) electrons. The van der Waals surface area contributed by atoms with Gasteiger partial charge < -0.3 is 0 Å². The molecule has 2 heterocycles. The maximum atomic E-state index is 12.9. The van der Waals surface area contributed by atoms with E-state index in [2.05, 4.69) is 19.7 Å². The van der Waals surface area contributed by atoms with Gasteiger partial charge in [0.2, 0.25) is 10.0 Å². The van der Waals surface area contributed by atoms with Gasteiger partial charge in [-0.25, -0.2) is 21.5 Å². The lowest BCUT2D eigenvalue weighted by Crippen LogP contribution is -2.41. The van der Waals surface area contributed by atoms with Crippen LogP contribution in [0.25, 0.3) is 11.0 Å². The lowest BCUT2D eigenvalue weighted by atomic mass is 10.1. The van der Waals surface area contributed by atoms with Crippen molar-refractivity contribution in [1.29, 1.82) is 0 Å². The monoisotopic (exact) mass is 436 g/mol. The number of nitrogens with zero attached hydrogens (tertiary/aromatic N) is 3. The van der Waals surface area contributed by atoms with Gasteiger partial charge >= 0.3 is 0 Å². The van der Waals surface area contributed by atoms with Crippen LogP contribution in [0.15, 0.2) is 56.9 Å². The predicted molar refractivity (Wildman–Crippen MR) is 106 cm³/mol. The van der Waals surface area contributed by atoms with Crippen LogP contribution in [0.5, 0.6) is 0 Å². The van der Waals surface area contributed by atoms with E-state index >= 15 is 0 Å². The number of benzene rings is 2. The van der Waals surface area contributed by atoms with E-state index in [4.69, 9.17) is 0 Å². The molecule has 9 nitrogen and oxygen atoms in total. The van der Waals surface area contributed by atoms with E-state index in [1.165, 1.54) is 40.7 Å². The van der Waals surface area contributed by atoms with Gasteiger partial charge in [0, 0.05) is 18.3 Å². The summed E-state index contributed by atoms with van der Waals surface area (Å²) in [5.41, 5.74) is 0.687. The first-order valence-electron chi connectivity index (χ1n) is 9.15. The van der Waals surface area contributed by atoms with E-state index in [1.807, 2.05) is 6.92 Å². The molecule has 0 unspecified atom stereocenters. The molecule has 1 fully saturated rings. The number of hydrogen-bond donors (Lipinski definition) is 1. The second-order valence-corrected chi connectivity index (χ2v) is 10.5. The van der Waals surface area contributed by atoms with Crippen molar-refractivity contribution < 1.29 is 21.5 Å². The highest BCUT2D eigenvalue weighted by atomic mass is 32.2. The van der Waals surface area contributed by atoms with Gasteiger partial charge in [0.15, 0.2) is 5.52 Å². The van der Waals surface area contributed by atoms with Crippen LogP contribution in [-0.2, 0) is 20.0 Å². The summed E-state index contributed by atoms with van der Waals surface area (Å²) in [5, 5.41) is 7.28. The Labute approximate surface area is 168 Å². The van der Waals surface area contributed by atoms with Crippen molar-refractivity contribution in [1.82, 2.24) is 14.6 Å². The summed E-state index contributed by atoms with van der Waals surface area (Å²) in [4.78, 5) is 0.0621. The van der Waals surface area contributed by atoms with E-state index in [1.54, 1.807) is 6.07 Å². The first-order valence-corrected chi connectivity index (χ1v) is 12.1. The molecule has 4 rings (SSSR count). The normalized spacial score (nSPS) is 18.7. The molecule has 0 saturated carbocycles. The van der Waals surface area contributed by atoms with E-state index in [0.29, 0.717) is 12.1 Å². The fraction of sp³-hybridized carbons (Fsp3) is 0.333. The largest absolute Gasteiger partial charge is 0.280 e. The molecule has 29 heavy (non-hydrogen) atoms. The van der Waals surface area contributed by atoms with Gasteiger partial charge in [0.25, 0.3) is 10.0 Å². The summed E-state index contributed by atoms with van der Waals surface area (Å²) in [7, 11) is -7.58. The zero-order chi connectivity index (χ0) is 20.6. The molecule has 1 aliphatic heterocycles. The molecule has 1 saturated heterocycles. The highest BCUT2D eigenvalue weighted by molar-refractivity contribution is 7.93. The quantitative estimate of drug-likeness (QED) is 0.652. The van der Waals surface area contributed by atoms with Crippen molar-refractivity contribution in [3.63, 3.8) is 0 Å². The van der Waals surface area contributed by atoms with Crippen LogP contribution in [0.4, 0.5) is 5.69 Å². The van der Waals surface area contributed by atoms with Crippen LogP contribution in [0.1, 0.15) is 26.2 Å². The third-order valence-electron chi connectivity index (χ3n) is 4.99. The van der Waals surface area contributed by atoms with E-state index in [9.17, 15) is 16.8 Å². The Kier molecular flexibility index (Phi) is 5.05. The summed E-state index contributed by atoms with van der Waals surface area (Å²) >= 11 is 0. The van der Waals surface area contributed by atoms with Crippen LogP contribution < -0.4 is 4.72 Å². The van der Waals surface area contributed by atoms with Crippen LogP contribution in [0.2, 0.25) is 0 Å². The molecule has 154 valence electrons. The molecule has 1 atom stereocenters. The van der Waals surface area contributed by atoms with Crippen LogP contribution in [0.3, 0.4) is 0 Å². The summed E-state index contributed by atoms with van der Waals surface area (Å²) in [6.45, 7) is 2.40. The van der Waals surface area contributed by atoms with Crippen LogP contribution in [-0.4, -0.2) is 44.0 Å². The van der Waals surface area contributed by atoms with Gasteiger partial charge in [-0.2, -0.15) is 4.31 Å². The zero-order valence-corrected chi connectivity index (χ0v) is 17.3. The number of rotatable bonds is 5. The minimum absolute atomic E-state index is 0.0523. The Bertz CT molecular complexity index is 1240. The summed E-state index contributed by atoms with van der Waals surface area (Å²) in [6.07, 6.45) is 2.69. The van der Waals surface area contributed by atoms with Crippen molar-refractivity contribution in [3.8, 4) is 0 Å².